The molecule has 1 amide bonds. The first-order valence-corrected chi connectivity index (χ1v) is 8.66. The number of likely N-dealkylation sites (tertiary alicyclic amines) is 1. The number of hydrogen-bond donors (Lipinski definition) is 0. The Bertz CT molecular complexity index is 383. The third kappa shape index (κ3) is 3.95. The molecule has 0 radical (unpaired) electrons. The molecule has 0 N–H and O–H groups in total. The highest BCUT2D eigenvalue weighted by atomic mass is 32.2. The Morgan fingerprint density at radius 2 is 2.17 bits per heavy atom. The second-order valence-electron chi connectivity index (χ2n) is 4.46. The molecule has 0 bridgehead atoms. The van der Waals surface area contributed by atoms with Crippen molar-refractivity contribution in [1.82, 2.24) is 4.90 Å². The normalized spacial score (nSPS) is 19.2. The van der Waals surface area contributed by atoms with Crippen LogP contribution in [0.15, 0.2) is 30.3 Å². The monoisotopic (exact) mass is 281 g/mol. The Kier molecular flexibility index (Phi) is 5.45. The van der Waals surface area contributed by atoms with E-state index in [1.807, 2.05) is 34.9 Å². The van der Waals surface area contributed by atoms with Gasteiger partial charge < -0.3 is 4.90 Å². The van der Waals surface area contributed by atoms with Crippen LogP contribution in [-0.4, -0.2) is 41.2 Å². The zero-order valence-electron chi connectivity index (χ0n) is 10.7. The third-order valence-corrected chi connectivity index (χ3v) is 5.21. The van der Waals surface area contributed by atoms with Crippen molar-refractivity contribution in [3.05, 3.63) is 35.9 Å². The lowest BCUT2D eigenvalue weighted by Crippen LogP contribution is -2.30. The van der Waals surface area contributed by atoms with E-state index in [1.54, 1.807) is 11.8 Å². The summed E-state index contributed by atoms with van der Waals surface area (Å²) < 4.78 is 0. The maximum Gasteiger partial charge on any atom is 0.232 e. The molecular weight excluding hydrogens is 262 g/mol. The summed E-state index contributed by atoms with van der Waals surface area (Å²) in [4.78, 5) is 14.0. The first kappa shape index (κ1) is 13.8. The van der Waals surface area contributed by atoms with Crippen molar-refractivity contribution < 1.29 is 4.79 Å². The van der Waals surface area contributed by atoms with Crippen LogP contribution in [0.2, 0.25) is 0 Å². The standard InChI is InChI=1S/C14H19NOS2/c1-17-13-7-8-15(9-13)14(16)11-18-10-12-5-3-2-4-6-12/h2-6,13H,7-11H2,1H3/t13-/m1/s1. The molecule has 18 heavy (non-hydrogen) atoms. The van der Waals surface area contributed by atoms with Crippen molar-refractivity contribution in [2.45, 2.75) is 17.4 Å². The van der Waals surface area contributed by atoms with E-state index in [2.05, 4.69) is 18.4 Å². The van der Waals surface area contributed by atoms with E-state index in [1.165, 1.54) is 5.56 Å². The largest absolute Gasteiger partial charge is 0.341 e. The Morgan fingerprint density at radius 3 is 2.83 bits per heavy atom. The van der Waals surface area contributed by atoms with Crippen LogP contribution in [0, 0.1) is 0 Å². The fourth-order valence-corrected chi connectivity index (χ4v) is 3.63. The van der Waals surface area contributed by atoms with Gasteiger partial charge in [0.1, 0.15) is 0 Å². The molecule has 1 aromatic carbocycles. The number of carbonyl (C=O) groups excluding carboxylic acids is 1. The summed E-state index contributed by atoms with van der Waals surface area (Å²) in [5.74, 6) is 1.83. The highest BCUT2D eigenvalue weighted by Gasteiger charge is 2.24. The number of nitrogens with zero attached hydrogens (tertiary/aromatic N) is 1. The minimum Gasteiger partial charge on any atom is -0.341 e. The van der Waals surface area contributed by atoms with E-state index in [-0.39, 0.29) is 0 Å². The first-order valence-electron chi connectivity index (χ1n) is 6.22. The second kappa shape index (κ2) is 7.10. The molecule has 1 atom stereocenters. The van der Waals surface area contributed by atoms with Gasteiger partial charge in [-0.25, -0.2) is 0 Å². The molecule has 4 heteroatoms. The maximum atomic E-state index is 12.0. The average molecular weight is 281 g/mol. The zero-order valence-corrected chi connectivity index (χ0v) is 12.3. The molecule has 0 spiro atoms. The van der Waals surface area contributed by atoms with Gasteiger partial charge in [0.15, 0.2) is 0 Å². The van der Waals surface area contributed by atoms with Crippen LogP contribution in [0.1, 0.15) is 12.0 Å². The molecule has 1 aromatic rings. The van der Waals surface area contributed by atoms with Gasteiger partial charge in [-0.2, -0.15) is 11.8 Å². The summed E-state index contributed by atoms with van der Waals surface area (Å²) in [6.45, 7) is 1.88. The molecule has 2 nitrogen and oxygen atoms in total. The summed E-state index contributed by atoms with van der Waals surface area (Å²) in [7, 11) is 0. The highest BCUT2D eigenvalue weighted by molar-refractivity contribution is 7.99. The lowest BCUT2D eigenvalue weighted by Gasteiger charge is -2.15. The number of thioether (sulfide) groups is 2. The topological polar surface area (TPSA) is 20.3 Å². The van der Waals surface area contributed by atoms with Crippen molar-refractivity contribution in [1.29, 1.82) is 0 Å². The molecule has 1 heterocycles. The molecule has 1 fully saturated rings. The smallest absolute Gasteiger partial charge is 0.232 e. The van der Waals surface area contributed by atoms with Crippen molar-refractivity contribution in [2.24, 2.45) is 0 Å². The lowest BCUT2D eigenvalue weighted by molar-refractivity contribution is -0.127. The molecule has 1 aliphatic heterocycles. The molecule has 1 aliphatic rings. The van der Waals surface area contributed by atoms with Gasteiger partial charge in [-0.1, -0.05) is 30.3 Å². The fraction of sp³-hybridized carbons (Fsp3) is 0.500. The first-order chi connectivity index (χ1) is 8.79. The van der Waals surface area contributed by atoms with Crippen LogP contribution >= 0.6 is 23.5 Å². The molecule has 0 saturated carbocycles. The Hall–Kier alpha value is -0.610. The molecule has 0 unspecified atom stereocenters. The van der Waals surface area contributed by atoms with Crippen LogP contribution in [0.5, 0.6) is 0 Å². The van der Waals surface area contributed by atoms with Crippen molar-refractivity contribution in [3.63, 3.8) is 0 Å². The molecule has 2 rings (SSSR count). The van der Waals surface area contributed by atoms with Gasteiger partial charge in [0.05, 0.1) is 5.75 Å². The Morgan fingerprint density at radius 1 is 1.39 bits per heavy atom. The van der Waals surface area contributed by atoms with Gasteiger partial charge in [0.25, 0.3) is 0 Å². The van der Waals surface area contributed by atoms with Gasteiger partial charge in [-0.15, -0.1) is 11.8 Å². The van der Waals surface area contributed by atoms with E-state index < -0.39 is 0 Å². The van der Waals surface area contributed by atoms with Crippen LogP contribution < -0.4 is 0 Å². The number of carbonyl (C=O) groups is 1. The lowest BCUT2D eigenvalue weighted by atomic mass is 10.2. The van der Waals surface area contributed by atoms with Crippen LogP contribution in [0.4, 0.5) is 0 Å². The van der Waals surface area contributed by atoms with Crippen molar-refractivity contribution in [3.8, 4) is 0 Å². The van der Waals surface area contributed by atoms with E-state index >= 15 is 0 Å². The van der Waals surface area contributed by atoms with Crippen LogP contribution in [0.25, 0.3) is 0 Å². The van der Waals surface area contributed by atoms with Crippen LogP contribution in [0.3, 0.4) is 0 Å². The SMILES string of the molecule is CS[C@@H]1CCN(C(=O)CSCc2ccccc2)C1. The third-order valence-electron chi connectivity index (χ3n) is 3.17. The van der Waals surface area contributed by atoms with Crippen molar-refractivity contribution in [2.75, 3.05) is 25.1 Å². The maximum absolute atomic E-state index is 12.0. The average Bonchev–Trinajstić information content (AvgIpc) is 2.89. The Balaban J connectivity index is 1.69. The van der Waals surface area contributed by atoms with Gasteiger partial charge in [0.2, 0.25) is 5.91 Å². The quantitative estimate of drug-likeness (QED) is 0.828. The summed E-state index contributed by atoms with van der Waals surface area (Å²) in [5, 5.41) is 0.646. The van der Waals surface area contributed by atoms with E-state index in [9.17, 15) is 4.79 Å². The summed E-state index contributed by atoms with van der Waals surface area (Å²) >= 11 is 3.59. The second-order valence-corrected chi connectivity index (χ2v) is 6.59. The summed E-state index contributed by atoms with van der Waals surface area (Å²) in [5.41, 5.74) is 1.29. The molecule has 0 aromatic heterocycles. The number of amides is 1. The number of rotatable bonds is 5. The summed E-state index contributed by atoms with van der Waals surface area (Å²) in [6.07, 6.45) is 3.28. The minimum atomic E-state index is 0.299. The van der Waals surface area contributed by atoms with Crippen molar-refractivity contribution >= 4 is 29.4 Å². The summed E-state index contributed by atoms with van der Waals surface area (Å²) in [6, 6.07) is 10.3. The molecule has 0 aliphatic carbocycles. The van der Waals surface area contributed by atoms with E-state index in [0.29, 0.717) is 16.9 Å². The number of benzene rings is 1. The number of hydrogen-bond acceptors (Lipinski definition) is 3. The molecule has 1 saturated heterocycles. The molecular formula is C14H19NOS2. The van der Waals surface area contributed by atoms with Gasteiger partial charge in [0, 0.05) is 24.1 Å². The zero-order chi connectivity index (χ0) is 12.8. The fourth-order valence-electron chi connectivity index (χ4n) is 2.07. The van der Waals surface area contributed by atoms with Gasteiger partial charge in [-0.05, 0) is 18.2 Å². The van der Waals surface area contributed by atoms with E-state index in [0.717, 1.165) is 25.3 Å². The van der Waals surface area contributed by atoms with Gasteiger partial charge in [-0.3, -0.25) is 4.79 Å². The van der Waals surface area contributed by atoms with Gasteiger partial charge >= 0.3 is 0 Å². The molecule has 98 valence electrons. The van der Waals surface area contributed by atoms with Crippen LogP contribution in [-0.2, 0) is 10.5 Å². The van der Waals surface area contributed by atoms with E-state index in [4.69, 9.17) is 0 Å². The highest BCUT2D eigenvalue weighted by Crippen LogP contribution is 2.21. The predicted molar refractivity (Wildman–Crippen MR) is 81.1 cm³/mol. The Labute approximate surface area is 118 Å². The predicted octanol–water partition coefficient (Wildman–Crippen LogP) is 2.88. The minimum absolute atomic E-state index is 0.299.